The third-order valence-electron chi connectivity index (χ3n) is 7.04. The minimum absolute atomic E-state index is 0.166. The molecular formula is C28H22N4O2S2. The maximum atomic E-state index is 13.3. The molecule has 0 aliphatic heterocycles. The molecule has 0 spiro atoms. The Morgan fingerprint density at radius 3 is 1.39 bits per heavy atom. The van der Waals surface area contributed by atoms with Gasteiger partial charge >= 0.3 is 0 Å². The first-order valence-corrected chi connectivity index (χ1v) is 13.7. The molecule has 0 unspecified atom stereocenters. The van der Waals surface area contributed by atoms with E-state index in [4.69, 9.17) is 21.4 Å². The molecule has 0 radical (unpaired) electrons. The zero-order valence-corrected chi connectivity index (χ0v) is 20.9. The second kappa shape index (κ2) is 7.94. The molecule has 0 bridgehead atoms. The molecule has 5 aromatic rings. The van der Waals surface area contributed by atoms with Gasteiger partial charge in [-0.3, -0.25) is 9.59 Å². The Morgan fingerprint density at radius 2 is 1.03 bits per heavy atom. The Bertz CT molecular complexity index is 1580. The van der Waals surface area contributed by atoms with Crippen molar-refractivity contribution in [3.63, 3.8) is 0 Å². The molecule has 36 heavy (non-hydrogen) atoms. The van der Waals surface area contributed by atoms with E-state index >= 15 is 0 Å². The molecular weight excluding hydrogens is 488 g/mol. The average Bonchev–Trinajstić information content (AvgIpc) is 3.84. The molecule has 0 amide bonds. The van der Waals surface area contributed by atoms with E-state index in [1.807, 2.05) is 24.3 Å². The van der Waals surface area contributed by atoms with Crippen LogP contribution in [0.4, 0.5) is 11.4 Å². The zero-order valence-electron chi connectivity index (χ0n) is 19.3. The Morgan fingerprint density at radius 1 is 0.639 bits per heavy atom. The lowest BCUT2D eigenvalue weighted by Gasteiger charge is -2.03. The largest absolute Gasteiger partial charge is 0.397 e. The van der Waals surface area contributed by atoms with Crippen LogP contribution in [0, 0.1) is 0 Å². The number of nitrogens with zero attached hydrogens (tertiary/aromatic N) is 2. The molecule has 4 N–H and O–H groups in total. The number of carbonyl (C=O) groups is 2. The summed E-state index contributed by atoms with van der Waals surface area (Å²) in [5, 5.41) is 1.64. The SMILES string of the molecule is Nc1c(C(=O)c2ccc(C(=O)c3sc4nc(C5CC5)ccc4c3N)cc2)sc2nc(C3CC3)ccc12. The highest BCUT2D eigenvalue weighted by atomic mass is 32.1. The number of nitrogen functional groups attached to an aromatic ring is 2. The molecule has 2 aliphatic rings. The van der Waals surface area contributed by atoms with Gasteiger partial charge < -0.3 is 11.5 Å². The summed E-state index contributed by atoms with van der Waals surface area (Å²) >= 11 is 2.66. The van der Waals surface area contributed by atoms with E-state index in [9.17, 15) is 9.59 Å². The summed E-state index contributed by atoms with van der Waals surface area (Å²) in [6.45, 7) is 0. The van der Waals surface area contributed by atoms with Crippen LogP contribution >= 0.6 is 22.7 Å². The highest BCUT2D eigenvalue weighted by Crippen LogP contribution is 2.43. The number of aromatic nitrogens is 2. The highest BCUT2D eigenvalue weighted by Gasteiger charge is 2.28. The Balaban J connectivity index is 1.17. The molecule has 8 heteroatoms. The number of hydrogen-bond donors (Lipinski definition) is 2. The van der Waals surface area contributed by atoms with Gasteiger partial charge in [-0.1, -0.05) is 24.3 Å². The van der Waals surface area contributed by atoms with Crippen molar-refractivity contribution in [3.8, 4) is 0 Å². The fourth-order valence-electron chi connectivity index (χ4n) is 4.61. The summed E-state index contributed by atoms with van der Waals surface area (Å²) in [5.74, 6) is 0.738. The summed E-state index contributed by atoms with van der Waals surface area (Å²) in [5.41, 5.74) is 16.7. The van der Waals surface area contributed by atoms with Gasteiger partial charge in [0.05, 0.1) is 11.4 Å². The number of anilines is 2. The van der Waals surface area contributed by atoms with Crippen molar-refractivity contribution in [2.75, 3.05) is 11.5 Å². The second-order valence-corrected chi connectivity index (χ2v) is 11.6. The van der Waals surface area contributed by atoms with Crippen molar-refractivity contribution < 1.29 is 9.59 Å². The Labute approximate surface area is 215 Å². The number of benzene rings is 1. The lowest BCUT2D eigenvalue weighted by atomic mass is 10.0. The number of pyridine rings is 2. The number of ketones is 2. The first kappa shape index (κ1) is 21.6. The number of fused-ring (bicyclic) bond motifs is 2. The van der Waals surface area contributed by atoms with Gasteiger partial charge in [-0.05, 0) is 49.9 Å². The molecule has 178 valence electrons. The second-order valence-electron chi connectivity index (χ2n) is 9.65. The fourth-order valence-corrected chi connectivity index (χ4v) is 6.73. The zero-order chi connectivity index (χ0) is 24.6. The number of thiophene rings is 2. The van der Waals surface area contributed by atoms with E-state index in [0.717, 1.165) is 31.8 Å². The van der Waals surface area contributed by atoms with Crippen LogP contribution in [0.1, 0.15) is 79.4 Å². The van der Waals surface area contributed by atoms with E-state index in [-0.39, 0.29) is 11.6 Å². The molecule has 2 aliphatic carbocycles. The molecule has 4 heterocycles. The van der Waals surface area contributed by atoms with Crippen molar-refractivity contribution in [2.24, 2.45) is 0 Å². The first-order chi connectivity index (χ1) is 17.5. The molecule has 2 fully saturated rings. The number of carbonyl (C=O) groups excluding carboxylic acids is 2. The van der Waals surface area contributed by atoms with E-state index in [0.29, 0.717) is 44.1 Å². The summed E-state index contributed by atoms with van der Waals surface area (Å²) in [7, 11) is 0. The van der Waals surface area contributed by atoms with Crippen molar-refractivity contribution in [1.82, 2.24) is 9.97 Å². The first-order valence-electron chi connectivity index (χ1n) is 12.0. The van der Waals surface area contributed by atoms with Gasteiger partial charge in [0, 0.05) is 45.1 Å². The van der Waals surface area contributed by atoms with E-state index in [1.165, 1.54) is 48.4 Å². The maximum absolute atomic E-state index is 13.3. The van der Waals surface area contributed by atoms with Crippen LogP contribution in [0.25, 0.3) is 20.4 Å². The molecule has 7 rings (SSSR count). The summed E-state index contributed by atoms with van der Waals surface area (Å²) in [6.07, 6.45) is 4.67. The fraction of sp³-hybridized carbons (Fsp3) is 0.214. The van der Waals surface area contributed by atoms with E-state index < -0.39 is 0 Å². The van der Waals surface area contributed by atoms with E-state index in [1.54, 1.807) is 24.3 Å². The van der Waals surface area contributed by atoms with Crippen LogP contribution < -0.4 is 11.5 Å². The van der Waals surface area contributed by atoms with Crippen LogP contribution in [-0.4, -0.2) is 21.5 Å². The number of hydrogen-bond acceptors (Lipinski definition) is 8. The molecule has 6 nitrogen and oxygen atoms in total. The van der Waals surface area contributed by atoms with Crippen LogP contribution in [0.15, 0.2) is 48.5 Å². The van der Waals surface area contributed by atoms with Gasteiger partial charge in [-0.15, -0.1) is 22.7 Å². The third-order valence-corrected chi connectivity index (χ3v) is 9.27. The van der Waals surface area contributed by atoms with Crippen molar-refractivity contribution in [1.29, 1.82) is 0 Å². The van der Waals surface area contributed by atoms with Crippen molar-refractivity contribution in [3.05, 3.63) is 80.8 Å². The maximum Gasteiger partial charge on any atom is 0.205 e. The lowest BCUT2D eigenvalue weighted by Crippen LogP contribution is -2.05. The predicted octanol–water partition coefficient (Wildman–Crippen LogP) is 6.29. The van der Waals surface area contributed by atoms with Gasteiger partial charge in [-0.25, -0.2) is 9.97 Å². The summed E-state index contributed by atoms with van der Waals surface area (Å²) < 4.78 is 0. The van der Waals surface area contributed by atoms with Crippen LogP contribution in [-0.2, 0) is 0 Å². The lowest BCUT2D eigenvalue weighted by molar-refractivity contribution is 0.103. The monoisotopic (exact) mass is 510 g/mol. The van der Waals surface area contributed by atoms with Crippen LogP contribution in [0.2, 0.25) is 0 Å². The number of rotatable bonds is 6. The quantitative estimate of drug-likeness (QED) is 0.260. The van der Waals surface area contributed by atoms with Gasteiger partial charge in [0.2, 0.25) is 11.6 Å². The predicted molar refractivity (Wildman–Crippen MR) is 145 cm³/mol. The minimum atomic E-state index is -0.166. The smallest absolute Gasteiger partial charge is 0.205 e. The Kier molecular flexibility index (Phi) is 4.78. The Hall–Kier alpha value is -3.62. The topological polar surface area (TPSA) is 112 Å². The van der Waals surface area contributed by atoms with Gasteiger partial charge in [-0.2, -0.15) is 0 Å². The van der Waals surface area contributed by atoms with Gasteiger partial charge in [0.15, 0.2) is 0 Å². The molecule has 1 aromatic carbocycles. The summed E-state index contributed by atoms with van der Waals surface area (Å²) in [6, 6.07) is 14.7. The van der Waals surface area contributed by atoms with Gasteiger partial charge in [0.25, 0.3) is 0 Å². The minimum Gasteiger partial charge on any atom is -0.397 e. The standard InChI is InChI=1S/C28H22N4O2S2/c29-21-17-9-11-19(13-1-2-13)31-27(17)35-25(21)23(33)15-5-7-16(8-6-15)24(34)26-22(30)18-10-12-20(14-3-4-14)32-28(18)36-26/h5-14H,1-4,29-30H2. The third kappa shape index (κ3) is 3.51. The summed E-state index contributed by atoms with van der Waals surface area (Å²) in [4.78, 5) is 38.6. The molecule has 2 saturated carbocycles. The highest BCUT2D eigenvalue weighted by molar-refractivity contribution is 7.21. The van der Waals surface area contributed by atoms with Crippen molar-refractivity contribution in [2.45, 2.75) is 37.5 Å². The molecule has 0 atom stereocenters. The normalized spacial score (nSPS) is 15.6. The van der Waals surface area contributed by atoms with Gasteiger partial charge in [0.1, 0.15) is 19.4 Å². The van der Waals surface area contributed by atoms with Crippen LogP contribution in [0.3, 0.4) is 0 Å². The van der Waals surface area contributed by atoms with E-state index in [2.05, 4.69) is 0 Å². The van der Waals surface area contributed by atoms with Crippen molar-refractivity contribution >= 4 is 66.0 Å². The molecule has 0 saturated heterocycles. The molecule has 4 aromatic heterocycles. The number of nitrogens with two attached hydrogens (primary N) is 2. The average molecular weight is 511 g/mol. The van der Waals surface area contributed by atoms with Crippen LogP contribution in [0.5, 0.6) is 0 Å².